The average molecular weight is 346 g/mol. The molecule has 126 valence electrons. The molecule has 0 saturated carbocycles. The molecule has 0 aromatic heterocycles. The zero-order valence-electron chi connectivity index (χ0n) is 13.8. The second-order valence-corrected chi connectivity index (χ2v) is 5.97. The number of aryl methyl sites for hydroxylation is 1. The molecule has 0 bridgehead atoms. The van der Waals surface area contributed by atoms with Gasteiger partial charge in [0.15, 0.2) is 5.78 Å². The summed E-state index contributed by atoms with van der Waals surface area (Å²) in [4.78, 5) is 24.2. The van der Waals surface area contributed by atoms with E-state index in [0.29, 0.717) is 22.9 Å². The Bertz CT molecular complexity index is 726. The molecule has 0 aliphatic carbocycles. The minimum Gasteiger partial charge on any atom is -0.496 e. The van der Waals surface area contributed by atoms with E-state index in [1.165, 1.54) is 7.11 Å². The van der Waals surface area contributed by atoms with Gasteiger partial charge in [-0.15, -0.1) is 0 Å². The van der Waals surface area contributed by atoms with Crippen LogP contribution < -0.4 is 10.1 Å². The Morgan fingerprint density at radius 3 is 2.46 bits per heavy atom. The summed E-state index contributed by atoms with van der Waals surface area (Å²) in [6, 6.07) is 12.7. The molecule has 2 aromatic carbocycles. The van der Waals surface area contributed by atoms with Crippen LogP contribution in [0.1, 0.15) is 34.3 Å². The number of rotatable bonds is 7. The Morgan fingerprint density at radius 2 is 1.79 bits per heavy atom. The maximum atomic E-state index is 12.3. The molecule has 1 N–H and O–H groups in total. The zero-order valence-corrected chi connectivity index (χ0v) is 14.5. The van der Waals surface area contributed by atoms with Crippen LogP contribution in [0, 0.1) is 6.92 Å². The Labute approximate surface area is 146 Å². The van der Waals surface area contributed by atoms with Crippen molar-refractivity contribution in [1.29, 1.82) is 0 Å². The predicted octanol–water partition coefficient (Wildman–Crippen LogP) is 3.94. The molecule has 0 heterocycles. The molecule has 0 aliphatic rings. The van der Waals surface area contributed by atoms with Gasteiger partial charge in [0.2, 0.25) is 5.91 Å². The molecule has 24 heavy (non-hydrogen) atoms. The van der Waals surface area contributed by atoms with Crippen molar-refractivity contribution in [2.24, 2.45) is 0 Å². The fourth-order valence-corrected chi connectivity index (χ4v) is 2.42. The molecule has 1 amide bonds. The summed E-state index contributed by atoms with van der Waals surface area (Å²) in [5.74, 6) is 0.272. The van der Waals surface area contributed by atoms with Gasteiger partial charge in [0.1, 0.15) is 5.75 Å². The third kappa shape index (κ3) is 5.10. The number of hydrogen-bond donors (Lipinski definition) is 1. The van der Waals surface area contributed by atoms with Crippen LogP contribution in [0.5, 0.6) is 5.75 Å². The quantitative estimate of drug-likeness (QED) is 0.773. The van der Waals surface area contributed by atoms with Crippen LogP contribution in [0.15, 0.2) is 42.5 Å². The molecule has 0 aliphatic heterocycles. The summed E-state index contributed by atoms with van der Waals surface area (Å²) in [5, 5.41) is 3.46. The molecule has 0 fully saturated rings. The highest BCUT2D eigenvalue weighted by atomic mass is 35.5. The van der Waals surface area contributed by atoms with Crippen LogP contribution in [0.3, 0.4) is 0 Å². The third-order valence-corrected chi connectivity index (χ3v) is 3.89. The second kappa shape index (κ2) is 8.50. The molecule has 0 unspecified atom stereocenters. The van der Waals surface area contributed by atoms with Crippen molar-refractivity contribution in [1.82, 2.24) is 5.32 Å². The molecule has 0 spiro atoms. The van der Waals surface area contributed by atoms with Crippen molar-refractivity contribution < 1.29 is 14.3 Å². The van der Waals surface area contributed by atoms with Gasteiger partial charge in [-0.1, -0.05) is 35.4 Å². The number of Topliss-reactive ketones (excluding diaryl/α,β-unsaturated/α-hetero) is 1. The van der Waals surface area contributed by atoms with Gasteiger partial charge >= 0.3 is 0 Å². The normalized spacial score (nSPS) is 10.3. The van der Waals surface area contributed by atoms with E-state index in [2.05, 4.69) is 5.32 Å². The molecular weight excluding hydrogens is 326 g/mol. The number of carbonyl (C=O) groups is 2. The lowest BCUT2D eigenvalue weighted by Crippen LogP contribution is -2.23. The highest BCUT2D eigenvalue weighted by Gasteiger charge is 2.14. The first-order valence-corrected chi connectivity index (χ1v) is 8.06. The molecule has 2 aromatic rings. The number of amides is 1. The van der Waals surface area contributed by atoms with Gasteiger partial charge < -0.3 is 10.1 Å². The van der Waals surface area contributed by atoms with E-state index in [1.807, 2.05) is 25.1 Å². The number of hydrogen-bond acceptors (Lipinski definition) is 3. The van der Waals surface area contributed by atoms with E-state index >= 15 is 0 Å². The van der Waals surface area contributed by atoms with Crippen LogP contribution in [-0.2, 0) is 11.3 Å². The van der Waals surface area contributed by atoms with Gasteiger partial charge in [0, 0.05) is 24.4 Å². The Hall–Kier alpha value is -2.33. The Balaban J connectivity index is 1.86. The summed E-state index contributed by atoms with van der Waals surface area (Å²) in [7, 11) is 1.53. The fourth-order valence-electron chi connectivity index (χ4n) is 2.29. The van der Waals surface area contributed by atoms with E-state index in [4.69, 9.17) is 16.3 Å². The van der Waals surface area contributed by atoms with E-state index in [-0.39, 0.29) is 24.5 Å². The van der Waals surface area contributed by atoms with Crippen molar-refractivity contribution in [3.63, 3.8) is 0 Å². The van der Waals surface area contributed by atoms with Gasteiger partial charge in [-0.3, -0.25) is 9.59 Å². The molecular formula is C19H20ClNO3. The standard InChI is InChI=1S/C19H20ClNO3/c1-13-3-9-18(24-2)16(11-13)17(22)8-10-19(23)21-12-14-4-6-15(20)7-5-14/h3-7,9,11H,8,10,12H2,1-2H3,(H,21,23). The maximum absolute atomic E-state index is 12.3. The van der Waals surface area contributed by atoms with Gasteiger partial charge in [0.05, 0.1) is 12.7 Å². The lowest BCUT2D eigenvalue weighted by atomic mass is 10.0. The molecule has 5 heteroatoms. The van der Waals surface area contributed by atoms with Crippen molar-refractivity contribution in [2.75, 3.05) is 7.11 Å². The van der Waals surface area contributed by atoms with E-state index < -0.39 is 0 Å². The first kappa shape index (κ1) is 18.0. The van der Waals surface area contributed by atoms with E-state index in [9.17, 15) is 9.59 Å². The van der Waals surface area contributed by atoms with Crippen molar-refractivity contribution in [2.45, 2.75) is 26.3 Å². The summed E-state index contributed by atoms with van der Waals surface area (Å²) >= 11 is 5.82. The van der Waals surface area contributed by atoms with Gasteiger partial charge in [-0.25, -0.2) is 0 Å². The predicted molar refractivity (Wildman–Crippen MR) is 94.6 cm³/mol. The van der Waals surface area contributed by atoms with Crippen molar-refractivity contribution in [3.8, 4) is 5.75 Å². The van der Waals surface area contributed by atoms with Gasteiger partial charge in [-0.2, -0.15) is 0 Å². The second-order valence-electron chi connectivity index (χ2n) is 5.53. The van der Waals surface area contributed by atoms with Gasteiger partial charge in [-0.05, 0) is 36.8 Å². The van der Waals surface area contributed by atoms with Crippen LogP contribution in [0.2, 0.25) is 5.02 Å². The lowest BCUT2D eigenvalue weighted by Gasteiger charge is -2.09. The SMILES string of the molecule is COc1ccc(C)cc1C(=O)CCC(=O)NCc1ccc(Cl)cc1. The van der Waals surface area contributed by atoms with Crippen molar-refractivity contribution in [3.05, 3.63) is 64.2 Å². The highest BCUT2D eigenvalue weighted by Crippen LogP contribution is 2.21. The number of halogens is 1. The minimum atomic E-state index is -0.162. The number of methoxy groups -OCH3 is 1. The number of ether oxygens (including phenoxy) is 1. The number of ketones is 1. The fraction of sp³-hybridized carbons (Fsp3) is 0.263. The van der Waals surface area contributed by atoms with Gasteiger partial charge in [0.25, 0.3) is 0 Å². The van der Waals surface area contributed by atoms with E-state index in [0.717, 1.165) is 11.1 Å². The van der Waals surface area contributed by atoms with Crippen LogP contribution >= 0.6 is 11.6 Å². The van der Waals surface area contributed by atoms with Crippen LogP contribution in [0.25, 0.3) is 0 Å². The molecule has 0 radical (unpaired) electrons. The number of carbonyl (C=O) groups excluding carboxylic acids is 2. The number of benzene rings is 2. The molecule has 4 nitrogen and oxygen atoms in total. The number of nitrogens with one attached hydrogen (secondary N) is 1. The first-order valence-electron chi connectivity index (χ1n) is 7.68. The summed E-state index contributed by atoms with van der Waals surface area (Å²) in [6.45, 7) is 2.33. The van der Waals surface area contributed by atoms with Crippen LogP contribution in [-0.4, -0.2) is 18.8 Å². The third-order valence-electron chi connectivity index (χ3n) is 3.64. The highest BCUT2D eigenvalue weighted by molar-refractivity contribution is 6.30. The summed E-state index contributed by atoms with van der Waals surface area (Å²) in [5.41, 5.74) is 2.45. The average Bonchev–Trinajstić information content (AvgIpc) is 2.59. The Morgan fingerprint density at radius 1 is 1.08 bits per heavy atom. The smallest absolute Gasteiger partial charge is 0.220 e. The van der Waals surface area contributed by atoms with E-state index in [1.54, 1.807) is 24.3 Å². The summed E-state index contributed by atoms with van der Waals surface area (Å²) in [6.07, 6.45) is 0.287. The monoisotopic (exact) mass is 345 g/mol. The van der Waals surface area contributed by atoms with Crippen molar-refractivity contribution >= 4 is 23.3 Å². The first-order chi connectivity index (χ1) is 11.5. The zero-order chi connectivity index (χ0) is 17.5. The minimum absolute atomic E-state index is 0.0998. The topological polar surface area (TPSA) is 55.4 Å². The molecule has 2 rings (SSSR count). The lowest BCUT2D eigenvalue weighted by molar-refractivity contribution is -0.121. The largest absolute Gasteiger partial charge is 0.496 e. The molecule has 0 saturated heterocycles. The summed E-state index contributed by atoms with van der Waals surface area (Å²) < 4.78 is 5.21. The Kier molecular flexibility index (Phi) is 6.38. The molecule has 0 atom stereocenters. The maximum Gasteiger partial charge on any atom is 0.220 e. The van der Waals surface area contributed by atoms with Crippen LogP contribution in [0.4, 0.5) is 0 Å².